The van der Waals surface area contributed by atoms with Crippen molar-refractivity contribution in [2.24, 2.45) is 11.1 Å². The van der Waals surface area contributed by atoms with Crippen LogP contribution in [-0.4, -0.2) is 32.3 Å². The van der Waals surface area contributed by atoms with Gasteiger partial charge in [0.1, 0.15) is 0 Å². The fraction of sp³-hybridized carbons (Fsp3) is 0.917. The molecule has 0 spiro atoms. The summed E-state index contributed by atoms with van der Waals surface area (Å²) in [5, 5.41) is 7.39. The average Bonchev–Trinajstić information content (AvgIpc) is 2.21. The Labute approximate surface area is 99.0 Å². The lowest BCUT2D eigenvalue weighted by Gasteiger charge is -2.22. The third kappa shape index (κ3) is 7.65. The molecule has 0 aliphatic heterocycles. The number of nitrogens with two attached hydrogens (primary N) is 1. The SMILES string of the molecule is CCCCOCCOCCC(C)(C)C(=N)N. The van der Waals surface area contributed by atoms with Gasteiger partial charge in [0.05, 0.1) is 19.0 Å². The van der Waals surface area contributed by atoms with Crippen molar-refractivity contribution in [2.45, 2.75) is 40.0 Å². The van der Waals surface area contributed by atoms with Crippen molar-refractivity contribution in [1.82, 2.24) is 0 Å². The lowest BCUT2D eigenvalue weighted by Crippen LogP contribution is -2.32. The third-order valence-corrected chi connectivity index (χ3v) is 2.61. The summed E-state index contributed by atoms with van der Waals surface area (Å²) in [6.07, 6.45) is 3.04. The van der Waals surface area contributed by atoms with E-state index in [9.17, 15) is 0 Å². The van der Waals surface area contributed by atoms with Gasteiger partial charge < -0.3 is 15.2 Å². The van der Waals surface area contributed by atoms with Crippen LogP contribution in [0.25, 0.3) is 0 Å². The Morgan fingerprint density at radius 3 is 2.19 bits per heavy atom. The van der Waals surface area contributed by atoms with Crippen molar-refractivity contribution in [3.8, 4) is 0 Å². The highest BCUT2D eigenvalue weighted by Gasteiger charge is 2.20. The van der Waals surface area contributed by atoms with Gasteiger partial charge in [0.2, 0.25) is 0 Å². The number of amidine groups is 1. The molecule has 4 heteroatoms. The predicted molar refractivity (Wildman–Crippen MR) is 66.9 cm³/mol. The van der Waals surface area contributed by atoms with Crippen LogP contribution in [0, 0.1) is 10.8 Å². The zero-order chi connectivity index (χ0) is 12.4. The maximum Gasteiger partial charge on any atom is 0.0963 e. The van der Waals surface area contributed by atoms with Crippen LogP contribution < -0.4 is 5.73 Å². The molecule has 3 N–H and O–H groups in total. The number of unbranched alkanes of at least 4 members (excludes halogenated alkanes) is 1. The van der Waals surface area contributed by atoms with E-state index in [0.29, 0.717) is 19.8 Å². The molecule has 16 heavy (non-hydrogen) atoms. The molecule has 0 heterocycles. The Morgan fingerprint density at radius 1 is 1.12 bits per heavy atom. The maximum atomic E-state index is 7.39. The normalized spacial score (nSPS) is 11.7. The molecular weight excluding hydrogens is 204 g/mol. The highest BCUT2D eigenvalue weighted by Crippen LogP contribution is 2.19. The number of hydrogen-bond acceptors (Lipinski definition) is 3. The van der Waals surface area contributed by atoms with Crippen LogP contribution >= 0.6 is 0 Å². The summed E-state index contributed by atoms with van der Waals surface area (Å²) in [4.78, 5) is 0. The number of nitrogens with one attached hydrogen (secondary N) is 1. The first kappa shape index (κ1) is 15.4. The van der Waals surface area contributed by atoms with E-state index in [4.69, 9.17) is 20.6 Å². The molecule has 0 aliphatic rings. The molecule has 0 saturated heterocycles. The van der Waals surface area contributed by atoms with E-state index in [0.717, 1.165) is 25.9 Å². The van der Waals surface area contributed by atoms with Gasteiger partial charge in [0.25, 0.3) is 0 Å². The number of rotatable bonds is 10. The Morgan fingerprint density at radius 2 is 1.69 bits per heavy atom. The minimum atomic E-state index is -0.261. The van der Waals surface area contributed by atoms with E-state index < -0.39 is 0 Å². The van der Waals surface area contributed by atoms with Crippen LogP contribution in [-0.2, 0) is 9.47 Å². The van der Waals surface area contributed by atoms with Crippen LogP contribution in [0.2, 0.25) is 0 Å². The van der Waals surface area contributed by atoms with Crippen molar-refractivity contribution >= 4 is 5.84 Å². The molecule has 0 bridgehead atoms. The third-order valence-electron chi connectivity index (χ3n) is 2.61. The summed E-state index contributed by atoms with van der Waals surface area (Å²) in [6.45, 7) is 8.78. The molecule has 0 aromatic heterocycles. The molecule has 0 amide bonds. The maximum absolute atomic E-state index is 7.39. The van der Waals surface area contributed by atoms with Crippen LogP contribution in [0.4, 0.5) is 0 Å². The van der Waals surface area contributed by atoms with E-state index in [2.05, 4.69) is 6.92 Å². The second kappa shape index (κ2) is 8.53. The van der Waals surface area contributed by atoms with Crippen molar-refractivity contribution in [2.75, 3.05) is 26.4 Å². The lowest BCUT2D eigenvalue weighted by atomic mass is 9.89. The molecule has 96 valence electrons. The molecule has 0 aliphatic carbocycles. The number of ether oxygens (including phenoxy) is 2. The van der Waals surface area contributed by atoms with E-state index in [1.807, 2.05) is 13.8 Å². The Hall–Kier alpha value is -0.610. The van der Waals surface area contributed by atoms with Gasteiger partial charge in [0, 0.05) is 18.6 Å². The van der Waals surface area contributed by atoms with E-state index >= 15 is 0 Å². The summed E-state index contributed by atoms with van der Waals surface area (Å²) in [7, 11) is 0. The van der Waals surface area contributed by atoms with Gasteiger partial charge in [-0.3, -0.25) is 5.41 Å². The first-order chi connectivity index (χ1) is 7.50. The van der Waals surface area contributed by atoms with Gasteiger partial charge in [-0.25, -0.2) is 0 Å². The van der Waals surface area contributed by atoms with Gasteiger partial charge >= 0.3 is 0 Å². The summed E-state index contributed by atoms with van der Waals surface area (Å²) < 4.78 is 10.8. The van der Waals surface area contributed by atoms with Crippen molar-refractivity contribution in [3.05, 3.63) is 0 Å². The van der Waals surface area contributed by atoms with Crippen LogP contribution in [0.1, 0.15) is 40.0 Å². The highest BCUT2D eigenvalue weighted by molar-refractivity contribution is 5.82. The fourth-order valence-electron chi connectivity index (χ4n) is 1.03. The summed E-state index contributed by atoms with van der Waals surface area (Å²) in [6, 6.07) is 0. The van der Waals surface area contributed by atoms with E-state index in [-0.39, 0.29) is 11.3 Å². The van der Waals surface area contributed by atoms with Crippen LogP contribution in [0.5, 0.6) is 0 Å². The van der Waals surface area contributed by atoms with Crippen molar-refractivity contribution < 1.29 is 9.47 Å². The molecule has 4 nitrogen and oxygen atoms in total. The topological polar surface area (TPSA) is 68.3 Å². The Bertz CT molecular complexity index is 193. The van der Waals surface area contributed by atoms with Gasteiger partial charge in [-0.1, -0.05) is 27.2 Å². The van der Waals surface area contributed by atoms with Gasteiger partial charge in [-0.15, -0.1) is 0 Å². The first-order valence-corrected chi connectivity index (χ1v) is 6.00. The molecule has 0 radical (unpaired) electrons. The number of hydrogen-bond donors (Lipinski definition) is 2. The molecule has 0 atom stereocenters. The van der Waals surface area contributed by atoms with Crippen LogP contribution in [0.15, 0.2) is 0 Å². The van der Waals surface area contributed by atoms with E-state index in [1.54, 1.807) is 0 Å². The summed E-state index contributed by atoms with van der Waals surface area (Å²) in [5.74, 6) is 0.218. The second-order valence-electron chi connectivity index (χ2n) is 4.63. The lowest BCUT2D eigenvalue weighted by molar-refractivity contribution is 0.0406. The molecule has 0 aromatic carbocycles. The fourth-order valence-corrected chi connectivity index (χ4v) is 1.03. The smallest absolute Gasteiger partial charge is 0.0963 e. The average molecular weight is 230 g/mol. The minimum absolute atomic E-state index is 0.218. The largest absolute Gasteiger partial charge is 0.387 e. The second-order valence-corrected chi connectivity index (χ2v) is 4.63. The highest BCUT2D eigenvalue weighted by atomic mass is 16.5. The zero-order valence-corrected chi connectivity index (χ0v) is 10.8. The molecule has 0 saturated carbocycles. The van der Waals surface area contributed by atoms with Crippen molar-refractivity contribution in [1.29, 1.82) is 5.41 Å². The van der Waals surface area contributed by atoms with Crippen LogP contribution in [0.3, 0.4) is 0 Å². The summed E-state index contributed by atoms with van der Waals surface area (Å²) in [5.41, 5.74) is 5.21. The minimum Gasteiger partial charge on any atom is -0.387 e. The predicted octanol–water partition coefficient (Wildman–Crippen LogP) is 2.17. The monoisotopic (exact) mass is 230 g/mol. The summed E-state index contributed by atoms with van der Waals surface area (Å²) >= 11 is 0. The Balaban J connectivity index is 3.30. The molecule has 0 unspecified atom stereocenters. The van der Waals surface area contributed by atoms with Gasteiger partial charge in [-0.2, -0.15) is 0 Å². The van der Waals surface area contributed by atoms with E-state index in [1.165, 1.54) is 0 Å². The Kier molecular flexibility index (Phi) is 8.21. The zero-order valence-electron chi connectivity index (χ0n) is 10.8. The van der Waals surface area contributed by atoms with Gasteiger partial charge in [0.15, 0.2) is 0 Å². The standard InChI is InChI=1S/C12H26N2O2/c1-4-5-7-15-9-10-16-8-6-12(2,3)11(13)14/h4-10H2,1-3H3,(H3,13,14). The molecule has 0 fully saturated rings. The molecule has 0 rings (SSSR count). The quantitative estimate of drug-likeness (QED) is 0.343. The first-order valence-electron chi connectivity index (χ1n) is 6.00. The molecule has 0 aromatic rings. The van der Waals surface area contributed by atoms with Gasteiger partial charge in [-0.05, 0) is 12.8 Å². The van der Waals surface area contributed by atoms with Crippen molar-refractivity contribution in [3.63, 3.8) is 0 Å². The molecular formula is C12H26N2O2.